The van der Waals surface area contributed by atoms with Crippen molar-refractivity contribution in [2.75, 3.05) is 6.54 Å². The van der Waals surface area contributed by atoms with Gasteiger partial charge in [0, 0.05) is 0 Å². The quantitative estimate of drug-likeness (QED) is 0.577. The Balaban J connectivity index is -0.0000000800. The normalized spacial score (nSPS) is 6.00. The van der Waals surface area contributed by atoms with Crippen LogP contribution in [0.3, 0.4) is 0 Å². The van der Waals surface area contributed by atoms with Gasteiger partial charge in [-0.25, -0.2) is 0 Å². The van der Waals surface area contributed by atoms with E-state index in [1.807, 2.05) is 0 Å². The highest BCUT2D eigenvalue weighted by Gasteiger charge is 1.67. The zero-order chi connectivity index (χ0) is 4.12. The van der Waals surface area contributed by atoms with Crippen molar-refractivity contribution < 1.29 is 0 Å². The molecule has 0 aromatic carbocycles. The first-order chi connectivity index (χ1) is 2.41. The Bertz CT molecular complexity index is 17.2. The molecule has 7 heavy (non-hydrogen) atoms. The summed E-state index contributed by atoms with van der Waals surface area (Å²) >= 11 is 0. The first-order valence-electron chi connectivity index (χ1n) is 2.12. The van der Waals surface area contributed by atoms with Gasteiger partial charge in [0.25, 0.3) is 0 Å². The summed E-state index contributed by atoms with van der Waals surface area (Å²) < 4.78 is 0. The second-order valence-electron chi connectivity index (χ2n) is 1.14. The zero-order valence-corrected chi connectivity index (χ0v) is 5.91. The van der Waals surface area contributed by atoms with E-state index >= 15 is 0 Å². The molecule has 48 valence electrons. The lowest BCUT2D eigenvalue weighted by Crippen LogP contribution is -1.95. The molecule has 0 rings (SSSR count). The van der Waals surface area contributed by atoms with Crippen molar-refractivity contribution >= 4 is 13.5 Å². The van der Waals surface area contributed by atoms with E-state index in [2.05, 4.69) is 6.92 Å². The number of hydrogen-bond donors (Lipinski definition) is 2. The molecule has 0 aliphatic carbocycles. The lowest BCUT2D eigenvalue weighted by Gasteiger charge is -1.80. The molecule has 0 heterocycles. The molecule has 0 aromatic heterocycles. The molecule has 0 aromatic rings. The molecule has 0 saturated carbocycles. The van der Waals surface area contributed by atoms with Crippen LogP contribution in [0.15, 0.2) is 0 Å². The minimum absolute atomic E-state index is 0. The molecule has 3 heteroatoms. The molecular weight excluding hydrogens is 108 g/mol. The fourth-order valence-electron chi connectivity index (χ4n) is 0.204. The summed E-state index contributed by atoms with van der Waals surface area (Å²) in [7, 11) is 0. The van der Waals surface area contributed by atoms with Crippen molar-refractivity contribution in [1.82, 2.24) is 6.15 Å². The van der Waals surface area contributed by atoms with Crippen LogP contribution in [0.25, 0.3) is 0 Å². The molecule has 0 amide bonds. The van der Waals surface area contributed by atoms with Crippen LogP contribution in [0.1, 0.15) is 19.8 Å². The van der Waals surface area contributed by atoms with Crippen LogP contribution in [-0.4, -0.2) is 6.54 Å². The van der Waals surface area contributed by atoms with Gasteiger partial charge in [0.2, 0.25) is 0 Å². The van der Waals surface area contributed by atoms with E-state index in [4.69, 9.17) is 5.73 Å². The Labute approximate surface area is 52.5 Å². The van der Waals surface area contributed by atoms with E-state index < -0.39 is 0 Å². The molecule has 0 aliphatic rings. The van der Waals surface area contributed by atoms with Gasteiger partial charge in [0.15, 0.2) is 0 Å². The second-order valence-corrected chi connectivity index (χ2v) is 1.14. The van der Waals surface area contributed by atoms with Crippen LogP contribution in [0.4, 0.5) is 0 Å². The fourth-order valence-corrected chi connectivity index (χ4v) is 0.204. The minimum Gasteiger partial charge on any atom is -0.344 e. The largest absolute Gasteiger partial charge is 0.344 e. The third-order valence-electron chi connectivity index (χ3n) is 0.558. The van der Waals surface area contributed by atoms with Gasteiger partial charge >= 0.3 is 0 Å². The summed E-state index contributed by atoms with van der Waals surface area (Å²) in [6, 6.07) is 0. The van der Waals surface area contributed by atoms with Crippen molar-refractivity contribution in [3.8, 4) is 0 Å². The number of rotatable bonds is 2. The van der Waals surface area contributed by atoms with Crippen LogP contribution in [0, 0.1) is 0 Å². The van der Waals surface area contributed by atoms with Gasteiger partial charge in [-0.05, 0) is 13.0 Å². The molecular formula is C4H16N2S. The molecule has 0 aliphatic heterocycles. The summed E-state index contributed by atoms with van der Waals surface area (Å²) in [5.74, 6) is 0. The van der Waals surface area contributed by atoms with Gasteiger partial charge < -0.3 is 11.9 Å². The molecule has 0 radical (unpaired) electrons. The molecule has 0 bridgehead atoms. The third kappa shape index (κ3) is 22.2. The summed E-state index contributed by atoms with van der Waals surface area (Å²) in [6.07, 6.45) is 2.39. The predicted octanol–water partition coefficient (Wildman–Crippen LogP) is 1.02. The molecule has 0 unspecified atom stereocenters. The third-order valence-corrected chi connectivity index (χ3v) is 0.558. The van der Waals surface area contributed by atoms with Crippen LogP contribution in [0.2, 0.25) is 0 Å². The van der Waals surface area contributed by atoms with Gasteiger partial charge in [-0.1, -0.05) is 13.3 Å². The van der Waals surface area contributed by atoms with Crippen molar-refractivity contribution in [2.24, 2.45) is 5.73 Å². The van der Waals surface area contributed by atoms with Crippen LogP contribution < -0.4 is 11.9 Å². The number of nitrogens with two attached hydrogens (primary N) is 1. The van der Waals surface area contributed by atoms with Crippen LogP contribution in [0.5, 0.6) is 0 Å². The molecule has 5 N–H and O–H groups in total. The zero-order valence-electron chi connectivity index (χ0n) is 4.91. The molecule has 0 saturated heterocycles. The minimum atomic E-state index is 0. The Morgan fingerprint density at radius 1 is 1.43 bits per heavy atom. The van der Waals surface area contributed by atoms with E-state index in [0.717, 1.165) is 6.54 Å². The molecule has 0 atom stereocenters. The SMILES string of the molecule is CCCCN.N.S. The summed E-state index contributed by atoms with van der Waals surface area (Å²) in [4.78, 5) is 0. The molecule has 0 spiro atoms. The van der Waals surface area contributed by atoms with Crippen molar-refractivity contribution in [2.45, 2.75) is 19.8 Å². The average molecular weight is 124 g/mol. The van der Waals surface area contributed by atoms with E-state index in [0.29, 0.717) is 0 Å². The van der Waals surface area contributed by atoms with Gasteiger partial charge in [-0.3, -0.25) is 0 Å². The van der Waals surface area contributed by atoms with Gasteiger partial charge in [0.1, 0.15) is 0 Å². The number of hydrogen-bond acceptors (Lipinski definition) is 2. The predicted molar refractivity (Wildman–Crippen MR) is 39.4 cm³/mol. The van der Waals surface area contributed by atoms with Gasteiger partial charge in [0.05, 0.1) is 0 Å². The molecule has 2 nitrogen and oxygen atoms in total. The Morgan fingerprint density at radius 2 is 1.86 bits per heavy atom. The highest BCUT2D eigenvalue weighted by Crippen LogP contribution is 1.77. The average Bonchev–Trinajstić information content (AvgIpc) is 1.41. The van der Waals surface area contributed by atoms with Crippen molar-refractivity contribution in [1.29, 1.82) is 0 Å². The smallest absolute Gasteiger partial charge is 0.00774 e. The van der Waals surface area contributed by atoms with E-state index in [1.54, 1.807) is 0 Å². The Kier molecular flexibility index (Phi) is 36.5. The van der Waals surface area contributed by atoms with E-state index in [1.165, 1.54) is 12.8 Å². The highest BCUT2D eigenvalue weighted by atomic mass is 32.1. The second kappa shape index (κ2) is 16.3. The lowest BCUT2D eigenvalue weighted by atomic mass is 10.3. The van der Waals surface area contributed by atoms with Gasteiger partial charge in [-0.2, -0.15) is 13.5 Å². The fraction of sp³-hybridized carbons (Fsp3) is 1.00. The van der Waals surface area contributed by atoms with Crippen LogP contribution in [-0.2, 0) is 0 Å². The topological polar surface area (TPSA) is 61.0 Å². The maximum absolute atomic E-state index is 5.14. The van der Waals surface area contributed by atoms with Crippen molar-refractivity contribution in [3.05, 3.63) is 0 Å². The maximum Gasteiger partial charge on any atom is -0.00774 e. The van der Waals surface area contributed by atoms with E-state index in [9.17, 15) is 0 Å². The Morgan fingerprint density at radius 3 is 1.86 bits per heavy atom. The first kappa shape index (κ1) is 15.7. The van der Waals surface area contributed by atoms with Crippen molar-refractivity contribution in [3.63, 3.8) is 0 Å². The molecule has 0 fully saturated rings. The lowest BCUT2D eigenvalue weighted by molar-refractivity contribution is 0.807. The Hall–Kier alpha value is 0.270. The summed E-state index contributed by atoms with van der Waals surface area (Å²) in [6.45, 7) is 2.98. The maximum atomic E-state index is 5.14. The highest BCUT2D eigenvalue weighted by molar-refractivity contribution is 7.59. The van der Waals surface area contributed by atoms with E-state index in [-0.39, 0.29) is 19.6 Å². The summed E-state index contributed by atoms with van der Waals surface area (Å²) in [5, 5.41) is 0. The number of unbranched alkanes of at least 4 members (excludes halogenated alkanes) is 1. The standard InChI is InChI=1S/C4H11N.H3N.H2S/c1-2-3-4-5;;/h2-5H2,1H3;1H3;1H2. The first-order valence-corrected chi connectivity index (χ1v) is 2.12. The summed E-state index contributed by atoms with van der Waals surface area (Å²) in [5.41, 5.74) is 5.14. The van der Waals surface area contributed by atoms with Crippen LogP contribution >= 0.6 is 13.5 Å². The monoisotopic (exact) mass is 124 g/mol. The van der Waals surface area contributed by atoms with Gasteiger partial charge in [-0.15, -0.1) is 0 Å².